The van der Waals surface area contributed by atoms with Crippen molar-refractivity contribution in [1.82, 2.24) is 20.4 Å². The van der Waals surface area contributed by atoms with E-state index in [2.05, 4.69) is 15.5 Å². The van der Waals surface area contributed by atoms with Gasteiger partial charge in [0, 0.05) is 37.4 Å². The number of benzene rings is 1. The van der Waals surface area contributed by atoms with E-state index in [1.165, 1.54) is 31.2 Å². The minimum Gasteiger partial charge on any atom is -0.355 e. The van der Waals surface area contributed by atoms with Gasteiger partial charge in [-0.15, -0.1) is 0 Å². The quantitative estimate of drug-likeness (QED) is 0.744. The number of hydrogen-bond donors (Lipinski definition) is 2. The summed E-state index contributed by atoms with van der Waals surface area (Å²) in [6.07, 6.45) is -3.69. The summed E-state index contributed by atoms with van der Waals surface area (Å²) >= 11 is 1.74. The monoisotopic (exact) mass is 426 g/mol. The lowest BCUT2D eigenvalue weighted by Crippen LogP contribution is -2.44. The van der Waals surface area contributed by atoms with Gasteiger partial charge >= 0.3 is 6.18 Å². The van der Waals surface area contributed by atoms with Crippen molar-refractivity contribution in [2.24, 2.45) is 0 Å². The molecule has 29 heavy (non-hydrogen) atoms. The summed E-state index contributed by atoms with van der Waals surface area (Å²) in [5, 5.41) is 9.21. The zero-order chi connectivity index (χ0) is 21.0. The molecule has 0 spiro atoms. The molecule has 6 nitrogen and oxygen atoms in total. The molecule has 0 radical (unpaired) electrons. The van der Waals surface area contributed by atoms with Crippen LogP contribution in [0.15, 0.2) is 30.3 Å². The van der Waals surface area contributed by atoms with E-state index in [4.69, 9.17) is 0 Å². The third-order valence-electron chi connectivity index (χ3n) is 4.65. The number of rotatable bonds is 6. The molecular formula is C19H21F3N4O2S. The number of nitrogens with one attached hydrogen (secondary N) is 2. The van der Waals surface area contributed by atoms with Crippen LogP contribution in [0.1, 0.15) is 29.4 Å². The summed E-state index contributed by atoms with van der Waals surface area (Å²) in [7, 11) is 0. The summed E-state index contributed by atoms with van der Waals surface area (Å²) < 4.78 is 39.9. The Balaban J connectivity index is 1.84. The number of aromatic amines is 1. The maximum Gasteiger partial charge on any atom is 0.417 e. The van der Waals surface area contributed by atoms with E-state index in [1.807, 2.05) is 0 Å². The van der Waals surface area contributed by atoms with Crippen LogP contribution in [-0.4, -0.2) is 57.5 Å². The van der Waals surface area contributed by atoms with Gasteiger partial charge < -0.3 is 10.2 Å². The van der Waals surface area contributed by atoms with E-state index in [-0.39, 0.29) is 34.8 Å². The van der Waals surface area contributed by atoms with Gasteiger partial charge in [0.1, 0.15) is 5.69 Å². The predicted molar refractivity (Wildman–Crippen MR) is 104 cm³/mol. The molecule has 1 aromatic heterocycles. The third-order valence-corrected chi connectivity index (χ3v) is 5.80. The fraction of sp³-hybridized carbons (Fsp3) is 0.421. The van der Waals surface area contributed by atoms with Crippen LogP contribution in [0.4, 0.5) is 13.2 Å². The van der Waals surface area contributed by atoms with Gasteiger partial charge in [0.05, 0.1) is 11.3 Å². The van der Waals surface area contributed by atoms with Crippen LogP contribution in [-0.2, 0) is 11.0 Å². The lowest BCUT2D eigenvalue weighted by atomic mass is 10.0. The molecular weight excluding hydrogens is 405 g/mol. The lowest BCUT2D eigenvalue weighted by molar-refractivity contribution is -0.137. The molecule has 10 heteroatoms. The number of halogens is 3. The molecule has 1 fully saturated rings. The van der Waals surface area contributed by atoms with Crippen LogP contribution in [0, 0.1) is 0 Å². The van der Waals surface area contributed by atoms with Gasteiger partial charge in [-0.1, -0.05) is 18.2 Å². The number of carbonyl (C=O) groups is 2. The Hall–Kier alpha value is -2.49. The van der Waals surface area contributed by atoms with Gasteiger partial charge in [-0.2, -0.15) is 30.0 Å². The van der Waals surface area contributed by atoms with Gasteiger partial charge in [-0.25, -0.2) is 0 Å². The summed E-state index contributed by atoms with van der Waals surface area (Å²) in [5.41, 5.74) is -0.711. The number of thioether (sulfide) groups is 1. The highest BCUT2D eigenvalue weighted by Crippen LogP contribution is 2.36. The van der Waals surface area contributed by atoms with E-state index in [9.17, 15) is 22.8 Å². The predicted octanol–water partition coefficient (Wildman–Crippen LogP) is 3.18. The van der Waals surface area contributed by atoms with Gasteiger partial charge in [0.15, 0.2) is 0 Å². The fourth-order valence-corrected chi connectivity index (χ4v) is 4.47. The molecule has 1 aliphatic heterocycles. The van der Waals surface area contributed by atoms with E-state index in [1.54, 1.807) is 16.7 Å². The van der Waals surface area contributed by atoms with Crippen LogP contribution in [0.5, 0.6) is 0 Å². The molecule has 3 rings (SSSR count). The highest BCUT2D eigenvalue weighted by atomic mass is 32.2. The Morgan fingerprint density at radius 2 is 2.10 bits per heavy atom. The molecule has 1 atom stereocenters. The Morgan fingerprint density at radius 3 is 2.76 bits per heavy atom. The van der Waals surface area contributed by atoms with Crippen LogP contribution in [0.3, 0.4) is 0 Å². The second kappa shape index (κ2) is 8.89. The van der Waals surface area contributed by atoms with Crippen LogP contribution >= 0.6 is 11.8 Å². The van der Waals surface area contributed by atoms with E-state index in [0.29, 0.717) is 13.1 Å². The maximum absolute atomic E-state index is 13.3. The Kier molecular flexibility index (Phi) is 6.51. The largest absolute Gasteiger partial charge is 0.417 e. The normalized spacial score (nSPS) is 16.6. The number of nitrogens with zero attached hydrogens (tertiary/aromatic N) is 2. The minimum absolute atomic E-state index is 0.00969. The Labute approximate surface area is 170 Å². The average Bonchev–Trinajstić information content (AvgIpc) is 3.36. The highest BCUT2D eigenvalue weighted by Gasteiger charge is 2.34. The van der Waals surface area contributed by atoms with Crippen molar-refractivity contribution >= 4 is 23.6 Å². The van der Waals surface area contributed by atoms with E-state index < -0.39 is 11.7 Å². The molecule has 156 valence electrons. The van der Waals surface area contributed by atoms with Crippen molar-refractivity contribution in [3.8, 4) is 11.3 Å². The smallest absolute Gasteiger partial charge is 0.355 e. The Morgan fingerprint density at radius 1 is 1.34 bits per heavy atom. The van der Waals surface area contributed by atoms with Crippen LogP contribution in [0.25, 0.3) is 11.3 Å². The minimum atomic E-state index is -4.52. The Bertz CT molecular complexity index is 878. The zero-order valence-corrected chi connectivity index (χ0v) is 16.6. The SMILES string of the molecule is CC(=O)NCCN(C(=O)c1cc(-c2ccccc2C(F)(F)F)n[nH]1)C1CCSC1. The molecule has 0 saturated carbocycles. The number of carbonyl (C=O) groups excluding carboxylic acids is 2. The van der Waals surface area contributed by atoms with Gasteiger partial charge in [0.25, 0.3) is 5.91 Å². The molecule has 1 aliphatic rings. The molecule has 2 N–H and O–H groups in total. The van der Waals surface area contributed by atoms with Gasteiger partial charge in [-0.05, 0) is 24.3 Å². The average molecular weight is 426 g/mol. The molecule has 2 amide bonds. The third kappa shape index (κ3) is 5.11. The number of alkyl halides is 3. The molecule has 2 aromatic rings. The van der Waals surface area contributed by atoms with Gasteiger partial charge in [-0.3, -0.25) is 14.7 Å². The first-order chi connectivity index (χ1) is 13.8. The number of aromatic nitrogens is 2. The van der Waals surface area contributed by atoms with Crippen molar-refractivity contribution < 1.29 is 22.8 Å². The molecule has 0 bridgehead atoms. The second-order valence-corrected chi connectivity index (χ2v) is 7.86. The maximum atomic E-state index is 13.3. The fourth-order valence-electron chi connectivity index (χ4n) is 3.25. The number of amides is 2. The van der Waals surface area contributed by atoms with Crippen molar-refractivity contribution in [1.29, 1.82) is 0 Å². The van der Waals surface area contributed by atoms with Crippen LogP contribution < -0.4 is 5.32 Å². The summed E-state index contributed by atoms with van der Waals surface area (Å²) in [5.74, 6) is 1.18. The lowest BCUT2D eigenvalue weighted by Gasteiger charge is -2.28. The topological polar surface area (TPSA) is 78.1 Å². The summed E-state index contributed by atoms with van der Waals surface area (Å²) in [6.45, 7) is 2.02. The summed E-state index contributed by atoms with van der Waals surface area (Å²) in [6, 6.07) is 6.48. The van der Waals surface area contributed by atoms with E-state index >= 15 is 0 Å². The first-order valence-electron chi connectivity index (χ1n) is 9.12. The van der Waals surface area contributed by atoms with Crippen molar-refractivity contribution in [2.45, 2.75) is 25.6 Å². The zero-order valence-electron chi connectivity index (χ0n) is 15.8. The molecule has 0 aliphatic carbocycles. The second-order valence-electron chi connectivity index (χ2n) is 6.71. The summed E-state index contributed by atoms with van der Waals surface area (Å²) in [4.78, 5) is 25.8. The van der Waals surface area contributed by atoms with Crippen LogP contribution in [0.2, 0.25) is 0 Å². The van der Waals surface area contributed by atoms with Crippen molar-refractivity contribution in [3.05, 3.63) is 41.6 Å². The number of hydrogen-bond acceptors (Lipinski definition) is 4. The molecule has 2 heterocycles. The van der Waals surface area contributed by atoms with Crippen molar-refractivity contribution in [3.63, 3.8) is 0 Å². The molecule has 1 saturated heterocycles. The first-order valence-corrected chi connectivity index (χ1v) is 10.3. The van der Waals surface area contributed by atoms with Crippen molar-refractivity contribution in [2.75, 3.05) is 24.6 Å². The molecule has 1 unspecified atom stereocenters. The standard InChI is InChI=1S/C19H21F3N4O2S/c1-12(27)23-7-8-26(13-6-9-29-11-13)18(28)17-10-16(24-25-17)14-4-2-3-5-15(14)19(20,21)22/h2-5,10,13H,6-9,11H2,1H3,(H,23,27)(H,24,25). The number of H-pyrrole nitrogens is 1. The highest BCUT2D eigenvalue weighted by molar-refractivity contribution is 7.99. The molecule has 1 aromatic carbocycles. The van der Waals surface area contributed by atoms with Gasteiger partial charge in [0.2, 0.25) is 5.91 Å². The first kappa shape index (κ1) is 21.2. The van der Waals surface area contributed by atoms with E-state index in [0.717, 1.165) is 24.0 Å².